The van der Waals surface area contributed by atoms with Gasteiger partial charge in [-0.1, -0.05) is 13.8 Å². The van der Waals surface area contributed by atoms with Gasteiger partial charge < -0.3 is 0 Å². The van der Waals surface area contributed by atoms with Gasteiger partial charge in [0.05, 0.1) is 17.4 Å². The summed E-state index contributed by atoms with van der Waals surface area (Å²) in [5.74, 6) is 0.432. The molecular weight excluding hydrogens is 260 g/mol. The van der Waals surface area contributed by atoms with Crippen molar-refractivity contribution < 1.29 is 0 Å². The van der Waals surface area contributed by atoms with Gasteiger partial charge in [0.25, 0.3) is 0 Å². The zero-order valence-electron chi connectivity index (χ0n) is 10.7. The molecule has 5 heteroatoms. The first-order valence-electron chi connectivity index (χ1n) is 6.11. The van der Waals surface area contributed by atoms with Crippen molar-refractivity contribution in [2.45, 2.75) is 19.8 Å². The molecule has 0 fully saturated rings. The molecule has 0 unspecified atom stereocenters. The van der Waals surface area contributed by atoms with Gasteiger partial charge in [-0.15, -0.1) is 0 Å². The minimum absolute atomic E-state index is 0.259. The second kappa shape index (κ2) is 4.63. The SMILES string of the molecule is CC(C)c1cnn2ccc(-c3ccnc(Cl)n3)cc12. The zero-order valence-corrected chi connectivity index (χ0v) is 11.5. The fourth-order valence-corrected chi connectivity index (χ4v) is 2.25. The molecule has 0 aliphatic carbocycles. The van der Waals surface area contributed by atoms with Crippen molar-refractivity contribution in [3.63, 3.8) is 0 Å². The third-order valence-electron chi connectivity index (χ3n) is 3.10. The van der Waals surface area contributed by atoms with Gasteiger partial charge in [-0.2, -0.15) is 5.10 Å². The first-order valence-corrected chi connectivity index (χ1v) is 6.49. The summed E-state index contributed by atoms with van der Waals surface area (Å²) in [7, 11) is 0. The lowest BCUT2D eigenvalue weighted by Crippen LogP contribution is -1.92. The van der Waals surface area contributed by atoms with E-state index in [9.17, 15) is 0 Å². The monoisotopic (exact) mass is 272 g/mol. The minimum Gasteiger partial charge on any atom is -0.241 e. The Balaban J connectivity index is 2.18. The number of nitrogens with zero attached hydrogens (tertiary/aromatic N) is 4. The fourth-order valence-electron chi connectivity index (χ4n) is 2.10. The number of aromatic nitrogens is 4. The summed E-state index contributed by atoms with van der Waals surface area (Å²) in [5, 5.41) is 4.61. The number of fused-ring (bicyclic) bond motifs is 1. The molecule has 0 saturated carbocycles. The van der Waals surface area contributed by atoms with Crippen LogP contribution in [0.3, 0.4) is 0 Å². The Hall–Kier alpha value is -1.94. The predicted molar refractivity (Wildman–Crippen MR) is 75.3 cm³/mol. The summed E-state index contributed by atoms with van der Waals surface area (Å²) in [5.41, 5.74) is 4.15. The lowest BCUT2D eigenvalue weighted by atomic mass is 10.0. The standard InChI is InChI=1S/C14H13ClN4/c1-9(2)11-8-17-19-6-4-10(7-13(11)19)12-3-5-16-14(15)18-12/h3-9H,1-2H3. The van der Waals surface area contributed by atoms with Crippen LogP contribution >= 0.6 is 11.6 Å². The van der Waals surface area contributed by atoms with Gasteiger partial charge in [0.15, 0.2) is 0 Å². The van der Waals surface area contributed by atoms with Crippen LogP contribution in [0.1, 0.15) is 25.3 Å². The van der Waals surface area contributed by atoms with E-state index in [0.29, 0.717) is 5.92 Å². The van der Waals surface area contributed by atoms with Crippen LogP contribution in [0.2, 0.25) is 5.28 Å². The Morgan fingerprint density at radius 2 is 2.11 bits per heavy atom. The van der Waals surface area contributed by atoms with Crippen LogP contribution in [-0.4, -0.2) is 19.6 Å². The third kappa shape index (κ3) is 2.19. The van der Waals surface area contributed by atoms with E-state index < -0.39 is 0 Å². The minimum atomic E-state index is 0.259. The zero-order chi connectivity index (χ0) is 13.4. The number of hydrogen-bond donors (Lipinski definition) is 0. The van der Waals surface area contributed by atoms with E-state index in [2.05, 4.69) is 35.0 Å². The van der Waals surface area contributed by atoms with Crippen LogP contribution in [-0.2, 0) is 0 Å². The van der Waals surface area contributed by atoms with Gasteiger partial charge in [-0.3, -0.25) is 0 Å². The molecule has 0 aliphatic heterocycles. The van der Waals surface area contributed by atoms with Crippen LogP contribution < -0.4 is 0 Å². The first-order chi connectivity index (χ1) is 9.15. The van der Waals surface area contributed by atoms with E-state index in [-0.39, 0.29) is 5.28 Å². The van der Waals surface area contributed by atoms with Crippen LogP contribution in [0.15, 0.2) is 36.8 Å². The van der Waals surface area contributed by atoms with Gasteiger partial charge >= 0.3 is 0 Å². The molecule has 19 heavy (non-hydrogen) atoms. The maximum Gasteiger partial charge on any atom is 0.222 e. The molecule has 0 saturated heterocycles. The highest BCUT2D eigenvalue weighted by Crippen LogP contribution is 2.25. The van der Waals surface area contributed by atoms with Crippen molar-refractivity contribution >= 4 is 17.1 Å². The molecule has 4 nitrogen and oxygen atoms in total. The Morgan fingerprint density at radius 1 is 1.26 bits per heavy atom. The molecule has 0 bridgehead atoms. The van der Waals surface area contributed by atoms with Gasteiger partial charge in [-0.05, 0) is 35.7 Å². The van der Waals surface area contributed by atoms with Crippen LogP contribution in [0.4, 0.5) is 0 Å². The van der Waals surface area contributed by atoms with Crippen molar-refractivity contribution in [2.75, 3.05) is 0 Å². The normalized spacial score (nSPS) is 11.4. The maximum atomic E-state index is 5.83. The molecule has 3 heterocycles. The second-order valence-corrected chi connectivity index (χ2v) is 5.05. The summed E-state index contributed by atoms with van der Waals surface area (Å²) in [6, 6.07) is 5.91. The van der Waals surface area contributed by atoms with Crippen molar-refractivity contribution in [3.05, 3.63) is 47.6 Å². The molecule has 96 valence electrons. The predicted octanol–water partition coefficient (Wildman–Crippen LogP) is 3.57. The lowest BCUT2D eigenvalue weighted by Gasteiger charge is -2.05. The van der Waals surface area contributed by atoms with Gasteiger partial charge in [0.1, 0.15) is 0 Å². The van der Waals surface area contributed by atoms with E-state index in [4.69, 9.17) is 11.6 Å². The maximum absolute atomic E-state index is 5.83. The summed E-state index contributed by atoms with van der Waals surface area (Å²) < 4.78 is 1.88. The topological polar surface area (TPSA) is 43.1 Å². The van der Waals surface area contributed by atoms with Crippen LogP contribution in [0.5, 0.6) is 0 Å². The Kier molecular flexibility index (Phi) is 2.95. The highest BCUT2D eigenvalue weighted by atomic mass is 35.5. The quantitative estimate of drug-likeness (QED) is 0.670. The van der Waals surface area contributed by atoms with Gasteiger partial charge in [0, 0.05) is 23.5 Å². The molecule has 0 N–H and O–H groups in total. The largest absolute Gasteiger partial charge is 0.241 e. The summed E-state index contributed by atoms with van der Waals surface area (Å²) >= 11 is 5.83. The molecule has 0 aromatic carbocycles. The third-order valence-corrected chi connectivity index (χ3v) is 3.28. The van der Waals surface area contributed by atoms with Crippen molar-refractivity contribution in [3.8, 4) is 11.3 Å². The van der Waals surface area contributed by atoms with E-state index >= 15 is 0 Å². The van der Waals surface area contributed by atoms with Crippen LogP contribution in [0.25, 0.3) is 16.8 Å². The van der Waals surface area contributed by atoms with E-state index in [1.54, 1.807) is 6.20 Å². The van der Waals surface area contributed by atoms with Crippen molar-refractivity contribution in [2.24, 2.45) is 0 Å². The number of pyridine rings is 1. The Morgan fingerprint density at radius 3 is 2.84 bits per heavy atom. The molecular formula is C14H13ClN4. The number of rotatable bonds is 2. The Bertz CT molecular complexity index is 733. The molecule has 3 aromatic rings. The molecule has 3 rings (SSSR count). The van der Waals surface area contributed by atoms with E-state index in [0.717, 1.165) is 16.8 Å². The number of halogens is 1. The van der Waals surface area contributed by atoms with Gasteiger partial charge in [0.2, 0.25) is 5.28 Å². The average Bonchev–Trinajstić information content (AvgIpc) is 2.81. The average molecular weight is 273 g/mol. The van der Waals surface area contributed by atoms with E-state index in [1.165, 1.54) is 5.56 Å². The molecule has 0 amide bonds. The molecule has 0 atom stereocenters. The molecule has 0 aliphatic rings. The van der Waals surface area contributed by atoms with Crippen LogP contribution in [0, 0.1) is 0 Å². The highest BCUT2D eigenvalue weighted by Gasteiger charge is 2.09. The van der Waals surface area contributed by atoms with Gasteiger partial charge in [-0.25, -0.2) is 14.5 Å². The summed E-state index contributed by atoms with van der Waals surface area (Å²) in [6.07, 6.45) is 5.51. The van der Waals surface area contributed by atoms with Crippen molar-refractivity contribution in [1.29, 1.82) is 0 Å². The highest BCUT2D eigenvalue weighted by molar-refractivity contribution is 6.28. The van der Waals surface area contributed by atoms with Crippen molar-refractivity contribution in [1.82, 2.24) is 19.6 Å². The second-order valence-electron chi connectivity index (χ2n) is 4.71. The van der Waals surface area contributed by atoms with E-state index in [1.807, 2.05) is 29.0 Å². The lowest BCUT2D eigenvalue weighted by molar-refractivity contribution is 0.875. The Labute approximate surface area is 116 Å². The first kappa shape index (κ1) is 12.1. The molecule has 0 spiro atoms. The number of hydrogen-bond acceptors (Lipinski definition) is 3. The molecule has 0 radical (unpaired) electrons. The smallest absolute Gasteiger partial charge is 0.222 e. The summed E-state index contributed by atoms with van der Waals surface area (Å²) in [6.45, 7) is 4.32. The summed E-state index contributed by atoms with van der Waals surface area (Å²) in [4.78, 5) is 8.13. The fraction of sp³-hybridized carbons (Fsp3) is 0.214. The molecule has 3 aromatic heterocycles.